The van der Waals surface area contributed by atoms with Crippen LogP contribution in [0, 0.1) is 11.8 Å². The molecule has 0 amide bonds. The van der Waals surface area contributed by atoms with Gasteiger partial charge in [0.05, 0.1) is 11.5 Å². The molecule has 1 aliphatic heterocycles. The van der Waals surface area contributed by atoms with Gasteiger partial charge in [-0.1, -0.05) is 0 Å². The number of rotatable bonds is 3. The van der Waals surface area contributed by atoms with Crippen LogP contribution in [-0.2, 0) is 13.0 Å². The second-order valence-electron chi connectivity index (χ2n) is 5.15. The van der Waals surface area contributed by atoms with Crippen LogP contribution < -0.4 is 5.01 Å². The number of pyridine rings is 1. The summed E-state index contributed by atoms with van der Waals surface area (Å²) >= 11 is 0. The number of hydrogen-bond acceptors (Lipinski definition) is 4. The van der Waals surface area contributed by atoms with E-state index in [9.17, 15) is 4.91 Å². The molecule has 6 nitrogen and oxygen atoms in total. The smallest absolute Gasteiger partial charge is 0.152 e. The molecule has 0 spiro atoms. The maximum Gasteiger partial charge on any atom is 0.152 e. The molecule has 0 aromatic carbocycles. The van der Waals surface area contributed by atoms with Crippen LogP contribution in [0.25, 0.3) is 11.1 Å². The highest BCUT2D eigenvalue weighted by atomic mass is 16.3. The van der Waals surface area contributed by atoms with Crippen LogP contribution in [0.1, 0.15) is 24.1 Å². The first-order valence-electron chi connectivity index (χ1n) is 6.79. The Morgan fingerprint density at radius 2 is 2.15 bits per heavy atom. The van der Waals surface area contributed by atoms with E-state index in [0.29, 0.717) is 5.82 Å². The molecule has 0 aliphatic carbocycles. The van der Waals surface area contributed by atoms with E-state index in [-0.39, 0.29) is 0 Å². The molecule has 0 atom stereocenters. The van der Waals surface area contributed by atoms with Gasteiger partial charge in [0.2, 0.25) is 0 Å². The summed E-state index contributed by atoms with van der Waals surface area (Å²) in [6.45, 7) is 3.01. The topological polar surface area (TPSA) is 63.4 Å². The Balaban J connectivity index is 2.09. The summed E-state index contributed by atoms with van der Waals surface area (Å²) in [5.41, 5.74) is 4.58. The molecule has 2 aromatic rings. The number of aryl methyl sites for hydroxylation is 2. The monoisotopic (exact) mass is 271 g/mol. The number of fused-ring (bicyclic) bond motifs is 1. The molecule has 0 bridgehead atoms. The van der Waals surface area contributed by atoms with Crippen molar-refractivity contribution in [2.24, 2.45) is 5.29 Å². The van der Waals surface area contributed by atoms with Crippen molar-refractivity contribution in [3.63, 3.8) is 0 Å². The van der Waals surface area contributed by atoms with Crippen molar-refractivity contribution in [3.8, 4) is 11.1 Å². The van der Waals surface area contributed by atoms with Crippen LogP contribution in [0.2, 0.25) is 0 Å². The molecule has 20 heavy (non-hydrogen) atoms. The molecular weight excluding hydrogens is 254 g/mol. The second-order valence-corrected chi connectivity index (χ2v) is 5.15. The summed E-state index contributed by atoms with van der Waals surface area (Å²) in [4.78, 5) is 14.9. The number of anilines is 1. The Bertz CT molecular complexity index is 649. The van der Waals surface area contributed by atoms with Gasteiger partial charge in [-0.25, -0.2) is 9.99 Å². The molecule has 3 heterocycles. The molecule has 0 saturated heterocycles. The van der Waals surface area contributed by atoms with Gasteiger partial charge >= 0.3 is 0 Å². The van der Waals surface area contributed by atoms with Crippen LogP contribution in [0.5, 0.6) is 0 Å². The van der Waals surface area contributed by atoms with Gasteiger partial charge in [0.1, 0.15) is 0 Å². The van der Waals surface area contributed by atoms with Gasteiger partial charge in [-0.05, 0) is 43.4 Å². The average molecular weight is 271 g/mol. The minimum Gasteiger partial charge on any atom is -0.269 e. The number of nitroso groups, excluding NO2 is 1. The average Bonchev–Trinajstić information content (AvgIpc) is 2.91. The molecule has 2 aromatic heterocycles. The summed E-state index contributed by atoms with van der Waals surface area (Å²) in [5, 5.41) is 8.60. The van der Waals surface area contributed by atoms with E-state index < -0.39 is 0 Å². The zero-order chi connectivity index (χ0) is 14.1. The number of hydrogen-bond donors (Lipinski definition) is 0. The first kappa shape index (κ1) is 12.8. The van der Waals surface area contributed by atoms with Crippen LogP contribution in [0.3, 0.4) is 0 Å². The predicted molar refractivity (Wildman–Crippen MR) is 77.3 cm³/mol. The summed E-state index contributed by atoms with van der Waals surface area (Å²) < 4.78 is 2.08. The van der Waals surface area contributed by atoms with Crippen molar-refractivity contribution in [2.45, 2.75) is 32.7 Å². The van der Waals surface area contributed by atoms with Gasteiger partial charge in [-0.2, -0.15) is 5.10 Å². The third kappa shape index (κ3) is 2.07. The maximum absolute atomic E-state index is 10.6. The third-order valence-electron chi connectivity index (χ3n) is 3.82. The highest BCUT2D eigenvalue weighted by Gasteiger charge is 2.18. The van der Waals surface area contributed by atoms with Crippen LogP contribution in [0.15, 0.2) is 23.7 Å². The van der Waals surface area contributed by atoms with Crippen molar-refractivity contribution in [3.05, 3.63) is 34.6 Å². The van der Waals surface area contributed by atoms with Gasteiger partial charge in [0.25, 0.3) is 0 Å². The Labute approximate surface area is 117 Å². The zero-order valence-corrected chi connectivity index (χ0v) is 11.7. The van der Waals surface area contributed by atoms with Crippen LogP contribution in [0.4, 0.5) is 5.82 Å². The lowest BCUT2D eigenvalue weighted by Crippen LogP contribution is -2.12. The van der Waals surface area contributed by atoms with E-state index >= 15 is 0 Å². The molecule has 0 unspecified atom stereocenters. The molecule has 0 N–H and O–H groups in total. The summed E-state index contributed by atoms with van der Waals surface area (Å²) in [5.74, 6) is 0.552. The van der Waals surface area contributed by atoms with Crippen molar-refractivity contribution >= 4 is 5.82 Å². The largest absolute Gasteiger partial charge is 0.269 e. The predicted octanol–water partition coefficient (Wildman–Crippen LogP) is 2.71. The fraction of sp³-hybridized carbons (Fsp3) is 0.429. The quantitative estimate of drug-likeness (QED) is 0.636. The molecule has 0 radical (unpaired) electrons. The van der Waals surface area contributed by atoms with E-state index in [0.717, 1.165) is 29.7 Å². The summed E-state index contributed by atoms with van der Waals surface area (Å²) in [6.07, 6.45) is 7.13. The highest BCUT2D eigenvalue weighted by molar-refractivity contribution is 5.71. The lowest BCUT2D eigenvalue weighted by atomic mass is 9.99. The Kier molecular flexibility index (Phi) is 3.22. The van der Waals surface area contributed by atoms with Gasteiger partial charge in [-0.15, -0.1) is 4.91 Å². The van der Waals surface area contributed by atoms with Crippen LogP contribution >= 0.6 is 0 Å². The molecule has 0 fully saturated rings. The molecule has 0 saturated carbocycles. The molecule has 6 heteroatoms. The first-order valence-corrected chi connectivity index (χ1v) is 6.79. The summed E-state index contributed by atoms with van der Waals surface area (Å²) in [7, 11) is 1.60. The fourth-order valence-electron chi connectivity index (χ4n) is 2.67. The highest BCUT2D eigenvalue weighted by Crippen LogP contribution is 2.31. The van der Waals surface area contributed by atoms with Gasteiger partial charge in [-0.3, -0.25) is 4.68 Å². The number of nitrogens with zero attached hydrogens (tertiary/aromatic N) is 5. The van der Waals surface area contributed by atoms with Crippen LogP contribution in [-0.4, -0.2) is 21.8 Å². The van der Waals surface area contributed by atoms with Gasteiger partial charge in [0.15, 0.2) is 5.82 Å². The standard InChI is InChI=1S/C14H17N5O/c1-10-8-15-14(18(2)17-20)7-11(10)12-9-16-19-6-4-3-5-13(12)19/h7-9H,3-6H2,1-2H3. The minimum atomic E-state index is 0.552. The Hall–Kier alpha value is -2.24. The molecule has 1 aliphatic rings. The van der Waals surface area contributed by atoms with Crippen molar-refractivity contribution in [1.82, 2.24) is 14.8 Å². The van der Waals surface area contributed by atoms with Gasteiger partial charge < -0.3 is 0 Å². The van der Waals surface area contributed by atoms with E-state index in [1.165, 1.54) is 23.5 Å². The van der Waals surface area contributed by atoms with Crippen molar-refractivity contribution in [1.29, 1.82) is 0 Å². The van der Waals surface area contributed by atoms with E-state index in [4.69, 9.17) is 0 Å². The SMILES string of the molecule is Cc1cnc(N(C)N=O)cc1-c1cnn2c1CCCC2. The fourth-order valence-corrected chi connectivity index (χ4v) is 2.67. The minimum absolute atomic E-state index is 0.552. The molecular formula is C14H17N5O. The Morgan fingerprint density at radius 3 is 2.95 bits per heavy atom. The normalized spacial score (nSPS) is 13.9. The lowest BCUT2D eigenvalue weighted by molar-refractivity contribution is 0.487. The maximum atomic E-state index is 10.6. The van der Waals surface area contributed by atoms with E-state index in [1.807, 2.05) is 19.2 Å². The molecule has 104 valence electrons. The lowest BCUT2D eigenvalue weighted by Gasteiger charge is -2.16. The van der Waals surface area contributed by atoms with E-state index in [2.05, 4.69) is 20.1 Å². The van der Waals surface area contributed by atoms with Gasteiger partial charge in [0, 0.05) is 31.0 Å². The van der Waals surface area contributed by atoms with E-state index in [1.54, 1.807) is 13.2 Å². The third-order valence-corrected chi connectivity index (χ3v) is 3.82. The van der Waals surface area contributed by atoms with Crippen molar-refractivity contribution in [2.75, 3.05) is 12.1 Å². The Morgan fingerprint density at radius 1 is 1.30 bits per heavy atom. The van der Waals surface area contributed by atoms with Crippen molar-refractivity contribution < 1.29 is 0 Å². The zero-order valence-electron chi connectivity index (χ0n) is 11.7. The number of aromatic nitrogens is 3. The summed E-state index contributed by atoms with van der Waals surface area (Å²) in [6, 6.07) is 1.91. The first-order chi connectivity index (χ1) is 9.70. The second kappa shape index (κ2) is 5.03. The molecule has 3 rings (SSSR count).